The van der Waals surface area contributed by atoms with Crippen molar-refractivity contribution < 1.29 is 24.8 Å². The maximum atomic E-state index is 10.9. The highest BCUT2D eigenvalue weighted by molar-refractivity contribution is 6.25. The number of nitro benzene ring substituents is 1. The Morgan fingerprint density at radius 1 is 1.52 bits per heavy atom. The predicted molar refractivity (Wildman–Crippen MR) is 81.7 cm³/mol. The molecule has 0 atom stereocenters. The van der Waals surface area contributed by atoms with Gasteiger partial charge in [0.1, 0.15) is 6.21 Å². The lowest BCUT2D eigenvalue weighted by Gasteiger charge is -2.06. The van der Waals surface area contributed by atoms with E-state index in [1.54, 1.807) is 0 Å². The first kappa shape index (κ1) is 17.9. The van der Waals surface area contributed by atoms with E-state index < -0.39 is 10.8 Å². The number of ether oxygens (including phenoxy) is 1. The third-order valence-corrected chi connectivity index (χ3v) is 2.69. The summed E-state index contributed by atoms with van der Waals surface area (Å²) >= 11 is 0. The van der Waals surface area contributed by atoms with E-state index in [1.807, 2.05) is 0 Å². The minimum Gasteiger partial charge on any atom is -0.504 e. The minimum atomic E-state index is -0.600. The van der Waals surface area contributed by atoms with Gasteiger partial charge in [0.05, 0.1) is 18.1 Å². The van der Waals surface area contributed by atoms with Gasteiger partial charge in [0.2, 0.25) is 0 Å². The highest BCUT2D eigenvalue weighted by atomic mass is 16.6. The minimum absolute atomic E-state index is 0.0174. The standard InChI is InChI=1S/C13H16N4O6/c1-23-11-6-10(17(21)22)5-9(13(11)19)7-14-3-2-4-15-12(18)8-16-20/h5-8,19-20H,2-4H2,1H3,(H,15,18)/b14-7?,16-8+. The Kier molecular flexibility index (Phi) is 6.98. The molecule has 1 aromatic carbocycles. The summed E-state index contributed by atoms with van der Waals surface area (Å²) in [5, 5.41) is 33.9. The van der Waals surface area contributed by atoms with Crippen LogP contribution in [0.3, 0.4) is 0 Å². The molecule has 3 N–H and O–H groups in total. The quantitative estimate of drug-likeness (QED) is 0.211. The average Bonchev–Trinajstić information content (AvgIpc) is 2.52. The molecule has 1 amide bonds. The molecule has 0 spiro atoms. The number of hydrogen-bond acceptors (Lipinski definition) is 8. The zero-order valence-electron chi connectivity index (χ0n) is 12.3. The van der Waals surface area contributed by atoms with Gasteiger partial charge < -0.3 is 20.4 Å². The first-order valence-electron chi connectivity index (χ1n) is 6.50. The molecule has 0 aliphatic rings. The van der Waals surface area contributed by atoms with Crippen LogP contribution in [0.5, 0.6) is 11.5 Å². The van der Waals surface area contributed by atoms with Crippen LogP contribution in [0.15, 0.2) is 22.3 Å². The Labute approximate surface area is 131 Å². The highest BCUT2D eigenvalue weighted by Crippen LogP contribution is 2.33. The Bertz CT molecular complexity index is 629. The summed E-state index contributed by atoms with van der Waals surface area (Å²) < 4.78 is 4.87. The number of rotatable bonds is 8. The number of methoxy groups -OCH3 is 1. The van der Waals surface area contributed by atoms with Crippen LogP contribution >= 0.6 is 0 Å². The molecule has 0 saturated carbocycles. The van der Waals surface area contributed by atoms with E-state index in [9.17, 15) is 20.0 Å². The van der Waals surface area contributed by atoms with Crippen molar-refractivity contribution in [2.75, 3.05) is 20.2 Å². The summed E-state index contributed by atoms with van der Waals surface area (Å²) in [6.07, 6.45) is 2.52. The molecular weight excluding hydrogens is 308 g/mol. The number of carbonyl (C=O) groups is 1. The summed E-state index contributed by atoms with van der Waals surface area (Å²) in [6.45, 7) is 0.632. The SMILES string of the molecule is COc1cc([N+](=O)[O-])cc(C=NCCCNC(=O)/C=N/O)c1O. The van der Waals surface area contributed by atoms with Crippen molar-refractivity contribution >= 4 is 24.0 Å². The van der Waals surface area contributed by atoms with Gasteiger partial charge in [0.25, 0.3) is 11.6 Å². The van der Waals surface area contributed by atoms with Gasteiger partial charge in [-0.15, -0.1) is 0 Å². The highest BCUT2D eigenvalue weighted by Gasteiger charge is 2.15. The molecule has 1 aromatic rings. The number of nitrogens with zero attached hydrogens (tertiary/aromatic N) is 3. The fraction of sp³-hybridized carbons (Fsp3) is 0.308. The number of nitro groups is 1. The van der Waals surface area contributed by atoms with Crippen molar-refractivity contribution in [3.63, 3.8) is 0 Å². The molecule has 0 aliphatic carbocycles. The van der Waals surface area contributed by atoms with E-state index in [2.05, 4.69) is 15.5 Å². The van der Waals surface area contributed by atoms with Crippen LogP contribution in [0, 0.1) is 10.1 Å². The second-order valence-electron chi connectivity index (χ2n) is 4.27. The number of non-ortho nitro benzene ring substituents is 1. The first-order valence-corrected chi connectivity index (χ1v) is 6.50. The lowest BCUT2D eigenvalue weighted by molar-refractivity contribution is -0.385. The smallest absolute Gasteiger partial charge is 0.274 e. The van der Waals surface area contributed by atoms with E-state index >= 15 is 0 Å². The number of aromatic hydroxyl groups is 1. The lowest BCUT2D eigenvalue weighted by Crippen LogP contribution is -2.25. The van der Waals surface area contributed by atoms with Gasteiger partial charge in [-0.2, -0.15) is 0 Å². The number of amides is 1. The van der Waals surface area contributed by atoms with Gasteiger partial charge in [-0.05, 0) is 6.42 Å². The number of nitrogens with one attached hydrogen (secondary N) is 1. The van der Waals surface area contributed by atoms with Crippen molar-refractivity contribution in [1.82, 2.24) is 5.32 Å². The molecule has 10 nitrogen and oxygen atoms in total. The van der Waals surface area contributed by atoms with Crippen molar-refractivity contribution in [2.45, 2.75) is 6.42 Å². The molecule has 0 saturated heterocycles. The summed E-state index contributed by atoms with van der Waals surface area (Å²) in [5.41, 5.74) is -0.0656. The van der Waals surface area contributed by atoms with Gasteiger partial charge in [0.15, 0.2) is 11.5 Å². The van der Waals surface area contributed by atoms with E-state index in [0.29, 0.717) is 19.5 Å². The Balaban J connectivity index is 2.64. The molecule has 124 valence electrons. The van der Waals surface area contributed by atoms with E-state index in [-0.39, 0.29) is 22.7 Å². The second-order valence-corrected chi connectivity index (χ2v) is 4.27. The monoisotopic (exact) mass is 324 g/mol. The largest absolute Gasteiger partial charge is 0.504 e. The molecule has 0 radical (unpaired) electrons. The summed E-state index contributed by atoms with van der Waals surface area (Å²) in [6, 6.07) is 2.30. The van der Waals surface area contributed by atoms with Crippen LogP contribution in [-0.4, -0.2) is 53.8 Å². The first-order chi connectivity index (χ1) is 11.0. The summed E-state index contributed by atoms with van der Waals surface area (Å²) in [4.78, 5) is 25.2. The fourth-order valence-corrected chi connectivity index (χ4v) is 1.62. The maximum Gasteiger partial charge on any atom is 0.274 e. The number of phenols is 1. The van der Waals surface area contributed by atoms with Crippen LogP contribution < -0.4 is 10.1 Å². The number of hydrogen-bond donors (Lipinski definition) is 3. The van der Waals surface area contributed by atoms with Gasteiger partial charge >= 0.3 is 0 Å². The summed E-state index contributed by atoms with van der Waals surface area (Å²) in [7, 11) is 1.29. The van der Waals surface area contributed by atoms with Gasteiger partial charge in [-0.3, -0.25) is 19.9 Å². The van der Waals surface area contributed by atoms with E-state index in [0.717, 1.165) is 12.3 Å². The number of oxime groups is 1. The van der Waals surface area contributed by atoms with Crippen LogP contribution in [-0.2, 0) is 4.79 Å². The van der Waals surface area contributed by atoms with Crippen LogP contribution in [0.1, 0.15) is 12.0 Å². The third kappa shape index (κ3) is 5.61. The number of carbonyl (C=O) groups excluding carboxylic acids is 1. The van der Waals surface area contributed by atoms with Crippen molar-refractivity contribution in [2.24, 2.45) is 10.1 Å². The fourth-order valence-electron chi connectivity index (χ4n) is 1.62. The van der Waals surface area contributed by atoms with Crippen LogP contribution in [0.4, 0.5) is 5.69 Å². The topological polar surface area (TPSA) is 147 Å². The maximum absolute atomic E-state index is 10.9. The predicted octanol–water partition coefficient (Wildman–Crippen LogP) is 0.694. The molecular formula is C13H16N4O6. The zero-order valence-corrected chi connectivity index (χ0v) is 12.3. The molecule has 0 heterocycles. The van der Waals surface area contributed by atoms with E-state index in [1.165, 1.54) is 19.4 Å². The molecule has 0 aliphatic heterocycles. The molecule has 23 heavy (non-hydrogen) atoms. The Hall–Kier alpha value is -3.17. The lowest BCUT2D eigenvalue weighted by atomic mass is 10.1. The molecule has 1 rings (SSSR count). The van der Waals surface area contributed by atoms with Crippen molar-refractivity contribution in [3.05, 3.63) is 27.8 Å². The van der Waals surface area contributed by atoms with Crippen molar-refractivity contribution in [3.8, 4) is 11.5 Å². The third-order valence-electron chi connectivity index (χ3n) is 2.69. The van der Waals surface area contributed by atoms with E-state index in [4.69, 9.17) is 9.94 Å². The molecule has 0 aromatic heterocycles. The Morgan fingerprint density at radius 2 is 2.26 bits per heavy atom. The second kappa shape index (κ2) is 8.97. The number of aliphatic imine (C=N–C) groups is 1. The Morgan fingerprint density at radius 3 is 2.87 bits per heavy atom. The molecule has 0 fully saturated rings. The summed E-state index contributed by atoms with van der Waals surface area (Å²) in [5.74, 6) is -0.789. The number of benzene rings is 1. The zero-order chi connectivity index (χ0) is 17.2. The molecule has 0 unspecified atom stereocenters. The van der Waals surface area contributed by atoms with Crippen LogP contribution in [0.25, 0.3) is 0 Å². The van der Waals surface area contributed by atoms with Gasteiger partial charge in [-0.1, -0.05) is 5.16 Å². The molecule has 0 bridgehead atoms. The molecule has 10 heteroatoms. The average molecular weight is 324 g/mol. The van der Waals surface area contributed by atoms with Crippen LogP contribution in [0.2, 0.25) is 0 Å². The number of phenolic OH excluding ortho intramolecular Hbond substituents is 1. The van der Waals surface area contributed by atoms with Gasteiger partial charge in [0, 0.05) is 30.9 Å². The van der Waals surface area contributed by atoms with Crippen molar-refractivity contribution in [1.29, 1.82) is 0 Å². The van der Waals surface area contributed by atoms with Gasteiger partial charge in [-0.25, -0.2) is 0 Å². The normalized spacial score (nSPS) is 11.0.